The Morgan fingerprint density at radius 1 is 1.00 bits per heavy atom. The molecule has 2 heterocycles. The lowest BCUT2D eigenvalue weighted by Gasteiger charge is -2.36. The van der Waals surface area contributed by atoms with Gasteiger partial charge in [-0.25, -0.2) is 0 Å². The van der Waals surface area contributed by atoms with E-state index in [9.17, 15) is 0 Å². The van der Waals surface area contributed by atoms with Crippen LogP contribution in [0.5, 0.6) is 0 Å². The summed E-state index contributed by atoms with van der Waals surface area (Å²) in [6, 6.07) is 9.00. The van der Waals surface area contributed by atoms with E-state index >= 15 is 0 Å². The van der Waals surface area contributed by atoms with Crippen LogP contribution >= 0.6 is 11.3 Å². The van der Waals surface area contributed by atoms with Gasteiger partial charge in [0.25, 0.3) is 0 Å². The molecule has 0 N–H and O–H groups in total. The normalized spacial score (nSPS) is 20.0. The molecule has 23 heavy (non-hydrogen) atoms. The minimum absolute atomic E-state index is 1.16. The van der Waals surface area contributed by atoms with Crippen molar-refractivity contribution in [3.63, 3.8) is 0 Å². The molecule has 2 aromatic rings. The van der Waals surface area contributed by atoms with Gasteiger partial charge in [-0.15, -0.1) is 11.3 Å². The highest BCUT2D eigenvalue weighted by atomic mass is 32.1. The first kappa shape index (κ1) is 15.2. The summed E-state index contributed by atoms with van der Waals surface area (Å²) in [6.07, 6.45) is 9.26. The molecule has 0 bridgehead atoms. The van der Waals surface area contributed by atoms with E-state index in [4.69, 9.17) is 0 Å². The molecule has 3 heteroatoms. The summed E-state index contributed by atoms with van der Waals surface area (Å²) in [5.74, 6) is 0. The number of rotatable bonds is 4. The van der Waals surface area contributed by atoms with Crippen molar-refractivity contribution in [1.82, 2.24) is 4.90 Å². The molecule has 2 aliphatic rings. The molecule has 1 aromatic heterocycles. The van der Waals surface area contributed by atoms with E-state index in [0.29, 0.717) is 0 Å². The van der Waals surface area contributed by atoms with Gasteiger partial charge in [0.05, 0.1) is 0 Å². The largest absolute Gasteiger partial charge is 0.368 e. The monoisotopic (exact) mass is 326 g/mol. The van der Waals surface area contributed by atoms with Crippen LogP contribution in [0.1, 0.15) is 32.1 Å². The van der Waals surface area contributed by atoms with Gasteiger partial charge in [0.2, 0.25) is 0 Å². The smallest absolute Gasteiger partial charge is 0.0455 e. The number of hydrogen-bond donors (Lipinski definition) is 0. The van der Waals surface area contributed by atoms with Gasteiger partial charge in [-0.1, -0.05) is 17.7 Å². The fourth-order valence-corrected chi connectivity index (χ4v) is 4.71. The molecule has 1 fully saturated rings. The summed E-state index contributed by atoms with van der Waals surface area (Å²) in [5, 5.41) is 3.64. The summed E-state index contributed by atoms with van der Waals surface area (Å²) in [6.45, 7) is 5.98. The summed E-state index contributed by atoms with van der Waals surface area (Å²) in [5.41, 5.74) is 3.14. The van der Waals surface area contributed by atoms with E-state index in [0.717, 1.165) is 13.1 Å². The molecule has 0 spiro atoms. The molecule has 1 aromatic carbocycles. The summed E-state index contributed by atoms with van der Waals surface area (Å²) in [7, 11) is 0. The van der Waals surface area contributed by atoms with Crippen LogP contribution in [-0.2, 0) is 0 Å². The van der Waals surface area contributed by atoms with Crippen LogP contribution in [0.3, 0.4) is 0 Å². The van der Waals surface area contributed by atoms with Crippen LogP contribution in [0.25, 0.3) is 10.1 Å². The quantitative estimate of drug-likeness (QED) is 0.736. The highest BCUT2D eigenvalue weighted by Crippen LogP contribution is 2.31. The fourth-order valence-electron chi connectivity index (χ4n) is 3.90. The molecular weight excluding hydrogens is 300 g/mol. The average molecular weight is 327 g/mol. The Kier molecular flexibility index (Phi) is 4.67. The number of benzene rings is 1. The van der Waals surface area contributed by atoms with Gasteiger partial charge in [-0.05, 0) is 55.7 Å². The van der Waals surface area contributed by atoms with Crippen LogP contribution in [0.2, 0.25) is 0 Å². The zero-order valence-corrected chi connectivity index (χ0v) is 14.7. The summed E-state index contributed by atoms with van der Waals surface area (Å²) in [4.78, 5) is 5.23. The Labute approximate surface area is 143 Å². The third kappa shape index (κ3) is 3.46. The fraction of sp³-hybridized carbons (Fsp3) is 0.500. The summed E-state index contributed by atoms with van der Waals surface area (Å²) < 4.78 is 1.41. The van der Waals surface area contributed by atoms with E-state index in [1.54, 1.807) is 5.57 Å². The van der Waals surface area contributed by atoms with Gasteiger partial charge >= 0.3 is 0 Å². The molecule has 1 saturated heterocycles. The van der Waals surface area contributed by atoms with Gasteiger partial charge < -0.3 is 4.90 Å². The Balaban J connectivity index is 1.34. The standard InChI is InChI=1S/C20H26N2S/c1-2-5-17(6-3-1)9-11-21-12-14-22(15-13-21)19-7-4-8-20-18(19)10-16-23-20/h4-5,7-8,10,16H,1-3,6,9,11-15H2. The van der Waals surface area contributed by atoms with Crippen LogP contribution < -0.4 is 4.90 Å². The molecule has 0 radical (unpaired) electrons. The van der Waals surface area contributed by atoms with Gasteiger partial charge in [0, 0.05) is 48.5 Å². The van der Waals surface area contributed by atoms with Crippen molar-refractivity contribution in [2.24, 2.45) is 0 Å². The van der Waals surface area contributed by atoms with Crippen LogP contribution in [-0.4, -0.2) is 37.6 Å². The van der Waals surface area contributed by atoms with Gasteiger partial charge in [0.1, 0.15) is 0 Å². The molecule has 4 rings (SSSR count). The van der Waals surface area contributed by atoms with Gasteiger partial charge in [-0.2, -0.15) is 0 Å². The number of thiophene rings is 1. The molecule has 0 atom stereocenters. The predicted octanol–water partition coefficient (Wildman–Crippen LogP) is 4.91. The van der Waals surface area contributed by atoms with Crippen LogP contribution in [0.4, 0.5) is 5.69 Å². The molecule has 0 saturated carbocycles. The van der Waals surface area contributed by atoms with E-state index in [1.165, 1.54) is 67.5 Å². The van der Waals surface area contributed by atoms with Gasteiger partial charge in [0.15, 0.2) is 0 Å². The van der Waals surface area contributed by atoms with Crippen molar-refractivity contribution in [1.29, 1.82) is 0 Å². The molecule has 0 unspecified atom stereocenters. The molecule has 1 aliphatic heterocycles. The van der Waals surface area contributed by atoms with Gasteiger partial charge in [-0.3, -0.25) is 4.90 Å². The SMILES string of the molecule is C1=C(CCN2CCN(c3cccc4sccc34)CC2)CCCC1. The first-order valence-corrected chi connectivity index (χ1v) is 9.89. The van der Waals surface area contributed by atoms with Crippen molar-refractivity contribution in [2.45, 2.75) is 32.1 Å². The third-order valence-electron chi connectivity index (χ3n) is 5.32. The first-order valence-electron chi connectivity index (χ1n) is 9.01. The number of hydrogen-bond acceptors (Lipinski definition) is 3. The number of allylic oxidation sites excluding steroid dienone is 1. The molecule has 0 amide bonds. The van der Waals surface area contributed by atoms with Crippen molar-refractivity contribution >= 4 is 27.1 Å². The lowest BCUT2D eigenvalue weighted by atomic mass is 9.97. The van der Waals surface area contributed by atoms with Crippen molar-refractivity contribution in [3.05, 3.63) is 41.3 Å². The molecular formula is C20H26N2S. The van der Waals surface area contributed by atoms with E-state index < -0.39 is 0 Å². The topological polar surface area (TPSA) is 6.48 Å². The second-order valence-corrected chi connectivity index (χ2v) is 7.74. The lowest BCUT2D eigenvalue weighted by molar-refractivity contribution is 0.260. The number of piperazine rings is 1. The Hall–Kier alpha value is -1.32. The van der Waals surface area contributed by atoms with E-state index in [-0.39, 0.29) is 0 Å². The number of fused-ring (bicyclic) bond motifs is 1. The highest BCUT2D eigenvalue weighted by molar-refractivity contribution is 7.17. The van der Waals surface area contributed by atoms with Crippen molar-refractivity contribution in [2.75, 3.05) is 37.6 Å². The average Bonchev–Trinajstić information content (AvgIpc) is 3.10. The van der Waals surface area contributed by atoms with Crippen molar-refractivity contribution in [3.8, 4) is 0 Å². The Morgan fingerprint density at radius 2 is 1.91 bits per heavy atom. The predicted molar refractivity (Wildman–Crippen MR) is 102 cm³/mol. The number of anilines is 1. The summed E-state index contributed by atoms with van der Waals surface area (Å²) >= 11 is 1.85. The minimum Gasteiger partial charge on any atom is -0.368 e. The maximum absolute atomic E-state index is 2.65. The second-order valence-electron chi connectivity index (χ2n) is 6.80. The molecule has 1 aliphatic carbocycles. The Morgan fingerprint density at radius 3 is 2.74 bits per heavy atom. The Bertz CT molecular complexity index is 680. The highest BCUT2D eigenvalue weighted by Gasteiger charge is 2.19. The number of nitrogens with zero attached hydrogens (tertiary/aromatic N) is 2. The second kappa shape index (κ2) is 7.06. The van der Waals surface area contributed by atoms with E-state index in [1.807, 2.05) is 11.3 Å². The van der Waals surface area contributed by atoms with E-state index in [2.05, 4.69) is 45.5 Å². The van der Waals surface area contributed by atoms with Crippen LogP contribution in [0.15, 0.2) is 41.3 Å². The zero-order chi connectivity index (χ0) is 15.5. The minimum atomic E-state index is 1.16. The zero-order valence-electron chi connectivity index (χ0n) is 13.8. The lowest BCUT2D eigenvalue weighted by Crippen LogP contribution is -2.46. The maximum Gasteiger partial charge on any atom is 0.0455 e. The van der Waals surface area contributed by atoms with Crippen molar-refractivity contribution < 1.29 is 0 Å². The van der Waals surface area contributed by atoms with Crippen LogP contribution in [0, 0.1) is 0 Å². The first-order chi connectivity index (χ1) is 11.4. The molecule has 2 nitrogen and oxygen atoms in total. The third-order valence-corrected chi connectivity index (χ3v) is 6.20. The molecule has 122 valence electrons. The maximum atomic E-state index is 2.65.